The van der Waals surface area contributed by atoms with Crippen molar-refractivity contribution in [3.05, 3.63) is 12.3 Å². The summed E-state index contributed by atoms with van der Waals surface area (Å²) in [6.45, 7) is 0. The molecular formula is C5H7NOS. The van der Waals surface area contributed by atoms with Crippen LogP contribution in [0.3, 0.4) is 0 Å². The second-order valence-corrected chi connectivity index (χ2v) is 1.84. The van der Waals surface area contributed by atoms with Crippen molar-refractivity contribution in [2.75, 3.05) is 7.11 Å². The van der Waals surface area contributed by atoms with Crippen molar-refractivity contribution >= 4 is 12.6 Å². The van der Waals surface area contributed by atoms with Gasteiger partial charge in [0.2, 0.25) is 0 Å². The molecule has 1 rings (SSSR count). The first-order valence-electron chi connectivity index (χ1n) is 2.25. The van der Waals surface area contributed by atoms with Crippen molar-refractivity contribution in [1.82, 2.24) is 4.98 Å². The predicted molar refractivity (Wildman–Crippen MR) is 34.6 cm³/mol. The van der Waals surface area contributed by atoms with Crippen molar-refractivity contribution in [3.8, 4) is 5.75 Å². The molecule has 0 bridgehead atoms. The van der Waals surface area contributed by atoms with Crippen LogP contribution in [-0.2, 0) is 0 Å². The molecule has 0 aliphatic carbocycles. The Balaban J connectivity index is 2.92. The van der Waals surface area contributed by atoms with Crippen LogP contribution in [0.25, 0.3) is 0 Å². The highest BCUT2D eigenvalue weighted by molar-refractivity contribution is 7.80. The van der Waals surface area contributed by atoms with E-state index in [0.29, 0.717) is 0 Å². The lowest BCUT2D eigenvalue weighted by molar-refractivity contribution is 0.405. The number of nitrogens with one attached hydrogen (secondary N) is 1. The second-order valence-electron chi connectivity index (χ2n) is 1.39. The van der Waals surface area contributed by atoms with Gasteiger partial charge in [-0.05, 0) is 6.07 Å². The SMILES string of the molecule is COc1cc[nH]c1S. The zero-order valence-corrected chi connectivity index (χ0v) is 5.40. The molecule has 1 heterocycles. The Morgan fingerprint density at radius 2 is 2.50 bits per heavy atom. The quantitative estimate of drug-likeness (QED) is 0.549. The number of hydrogen-bond donors (Lipinski definition) is 2. The first-order valence-corrected chi connectivity index (χ1v) is 2.69. The fraction of sp³-hybridized carbons (Fsp3) is 0.200. The summed E-state index contributed by atoms with van der Waals surface area (Å²) in [7, 11) is 1.61. The maximum atomic E-state index is 4.88. The van der Waals surface area contributed by atoms with Crippen LogP contribution >= 0.6 is 12.6 Å². The molecule has 1 aromatic heterocycles. The van der Waals surface area contributed by atoms with E-state index in [9.17, 15) is 0 Å². The van der Waals surface area contributed by atoms with Gasteiger partial charge in [-0.15, -0.1) is 12.6 Å². The molecule has 0 fully saturated rings. The molecular weight excluding hydrogens is 122 g/mol. The van der Waals surface area contributed by atoms with Crippen LogP contribution in [-0.4, -0.2) is 12.1 Å². The van der Waals surface area contributed by atoms with Gasteiger partial charge in [0.15, 0.2) is 0 Å². The van der Waals surface area contributed by atoms with Crippen molar-refractivity contribution in [2.24, 2.45) is 0 Å². The van der Waals surface area contributed by atoms with E-state index in [4.69, 9.17) is 4.74 Å². The molecule has 2 nitrogen and oxygen atoms in total. The molecule has 1 N–H and O–H groups in total. The normalized spacial score (nSPS) is 9.25. The van der Waals surface area contributed by atoms with Gasteiger partial charge in [0.05, 0.1) is 7.11 Å². The zero-order valence-electron chi connectivity index (χ0n) is 4.51. The fourth-order valence-corrected chi connectivity index (χ4v) is 0.751. The van der Waals surface area contributed by atoms with Crippen LogP contribution in [0, 0.1) is 0 Å². The molecule has 3 heteroatoms. The summed E-state index contributed by atoms with van der Waals surface area (Å²) in [5.74, 6) is 0.785. The number of methoxy groups -OCH3 is 1. The average molecular weight is 129 g/mol. The Kier molecular flexibility index (Phi) is 1.48. The van der Waals surface area contributed by atoms with Gasteiger partial charge in [-0.2, -0.15) is 0 Å². The van der Waals surface area contributed by atoms with E-state index >= 15 is 0 Å². The third-order valence-electron chi connectivity index (χ3n) is 0.908. The van der Waals surface area contributed by atoms with Crippen LogP contribution in [0.4, 0.5) is 0 Å². The molecule has 0 saturated heterocycles. The van der Waals surface area contributed by atoms with Gasteiger partial charge >= 0.3 is 0 Å². The maximum absolute atomic E-state index is 4.88. The highest BCUT2D eigenvalue weighted by atomic mass is 32.1. The van der Waals surface area contributed by atoms with E-state index in [1.54, 1.807) is 13.3 Å². The van der Waals surface area contributed by atoms with Gasteiger partial charge in [-0.3, -0.25) is 0 Å². The van der Waals surface area contributed by atoms with Crippen LogP contribution in [0.5, 0.6) is 5.75 Å². The van der Waals surface area contributed by atoms with Gasteiger partial charge in [0.25, 0.3) is 0 Å². The summed E-state index contributed by atoms with van der Waals surface area (Å²) in [4.78, 5) is 2.86. The summed E-state index contributed by atoms with van der Waals surface area (Å²) < 4.78 is 4.88. The predicted octanol–water partition coefficient (Wildman–Crippen LogP) is 1.31. The number of aromatic amines is 1. The molecule has 0 spiro atoms. The monoisotopic (exact) mass is 129 g/mol. The summed E-state index contributed by atoms with van der Waals surface area (Å²) in [6, 6.07) is 1.82. The summed E-state index contributed by atoms with van der Waals surface area (Å²) >= 11 is 4.05. The average Bonchev–Trinajstić information content (AvgIpc) is 2.14. The van der Waals surface area contributed by atoms with E-state index in [1.165, 1.54) is 0 Å². The molecule has 0 aromatic carbocycles. The van der Waals surface area contributed by atoms with Crippen molar-refractivity contribution < 1.29 is 4.74 Å². The van der Waals surface area contributed by atoms with Gasteiger partial charge in [-0.1, -0.05) is 0 Å². The molecule has 0 saturated carbocycles. The first kappa shape index (κ1) is 5.56. The van der Waals surface area contributed by atoms with Gasteiger partial charge in [0, 0.05) is 6.20 Å². The first-order chi connectivity index (χ1) is 3.84. The Morgan fingerprint density at radius 1 is 1.75 bits per heavy atom. The summed E-state index contributed by atoms with van der Waals surface area (Å²) in [5, 5.41) is 0.771. The van der Waals surface area contributed by atoms with Crippen LogP contribution in [0.15, 0.2) is 17.3 Å². The third-order valence-corrected chi connectivity index (χ3v) is 1.26. The fourth-order valence-electron chi connectivity index (χ4n) is 0.511. The van der Waals surface area contributed by atoms with Gasteiger partial charge < -0.3 is 9.72 Å². The van der Waals surface area contributed by atoms with Crippen LogP contribution < -0.4 is 4.74 Å². The highest BCUT2D eigenvalue weighted by Crippen LogP contribution is 2.18. The number of aromatic nitrogens is 1. The van der Waals surface area contributed by atoms with Crippen LogP contribution in [0.2, 0.25) is 0 Å². The number of thiol groups is 1. The molecule has 0 amide bonds. The molecule has 0 atom stereocenters. The number of ether oxygens (including phenoxy) is 1. The van der Waals surface area contributed by atoms with E-state index < -0.39 is 0 Å². The molecule has 1 aromatic rings. The topological polar surface area (TPSA) is 25.0 Å². The van der Waals surface area contributed by atoms with E-state index in [2.05, 4.69) is 17.6 Å². The molecule has 0 radical (unpaired) electrons. The highest BCUT2D eigenvalue weighted by Gasteiger charge is 1.94. The van der Waals surface area contributed by atoms with E-state index in [0.717, 1.165) is 10.8 Å². The Bertz CT molecular complexity index is 173. The second kappa shape index (κ2) is 2.13. The molecule has 0 aliphatic rings. The van der Waals surface area contributed by atoms with E-state index in [1.807, 2.05) is 6.07 Å². The van der Waals surface area contributed by atoms with Crippen molar-refractivity contribution in [2.45, 2.75) is 5.03 Å². The maximum Gasteiger partial charge on any atom is 0.150 e. The molecule has 44 valence electrons. The number of H-pyrrole nitrogens is 1. The summed E-state index contributed by atoms with van der Waals surface area (Å²) in [5.41, 5.74) is 0. The lowest BCUT2D eigenvalue weighted by Gasteiger charge is -1.92. The summed E-state index contributed by atoms with van der Waals surface area (Å²) in [6.07, 6.45) is 1.78. The smallest absolute Gasteiger partial charge is 0.150 e. The number of hydrogen-bond acceptors (Lipinski definition) is 2. The third kappa shape index (κ3) is 0.816. The minimum atomic E-state index is 0.771. The number of rotatable bonds is 1. The standard InChI is InChI=1S/C5H7NOS/c1-7-4-2-3-6-5(4)8/h2-3,6,8H,1H3. The Morgan fingerprint density at radius 3 is 2.75 bits per heavy atom. The minimum absolute atomic E-state index is 0.771. The lowest BCUT2D eigenvalue weighted by Crippen LogP contribution is -1.78. The van der Waals surface area contributed by atoms with Crippen molar-refractivity contribution in [3.63, 3.8) is 0 Å². The largest absolute Gasteiger partial charge is 0.494 e. The van der Waals surface area contributed by atoms with Crippen molar-refractivity contribution in [1.29, 1.82) is 0 Å². The van der Waals surface area contributed by atoms with E-state index in [-0.39, 0.29) is 0 Å². The van der Waals surface area contributed by atoms with Gasteiger partial charge in [-0.25, -0.2) is 0 Å². The molecule has 0 unspecified atom stereocenters. The Hall–Kier alpha value is -0.570. The molecule has 0 aliphatic heterocycles. The zero-order chi connectivity index (χ0) is 5.98. The molecule has 8 heavy (non-hydrogen) atoms. The lowest BCUT2D eigenvalue weighted by atomic mass is 10.6. The Labute approximate surface area is 53.3 Å². The van der Waals surface area contributed by atoms with Crippen LogP contribution in [0.1, 0.15) is 0 Å². The minimum Gasteiger partial charge on any atom is -0.494 e. The van der Waals surface area contributed by atoms with Gasteiger partial charge in [0.1, 0.15) is 10.8 Å².